The minimum atomic E-state index is -0.633. The van der Waals surface area contributed by atoms with Crippen LogP contribution in [0.5, 0.6) is 0 Å². The lowest BCUT2D eigenvalue weighted by Crippen LogP contribution is -2.45. The molecule has 2 rings (SSSR count). The normalized spacial score (nSPS) is 18.8. The Morgan fingerprint density at radius 1 is 1.52 bits per heavy atom. The van der Waals surface area contributed by atoms with Crippen molar-refractivity contribution in [1.29, 1.82) is 0 Å². The molecule has 1 aliphatic rings. The Labute approximate surface area is 128 Å². The molecule has 8 heteroatoms. The Balaban J connectivity index is 2.16. The van der Waals surface area contributed by atoms with Crippen molar-refractivity contribution in [3.8, 4) is 0 Å². The Hall–Kier alpha value is -1.63. The molecule has 1 aliphatic heterocycles. The van der Waals surface area contributed by atoms with E-state index in [0.29, 0.717) is 5.69 Å². The zero-order valence-corrected chi connectivity index (χ0v) is 13.0. The second kappa shape index (κ2) is 6.43. The number of piperidine rings is 1. The molecular weight excluding hydrogens is 296 g/mol. The van der Waals surface area contributed by atoms with E-state index in [0.717, 1.165) is 32.2 Å². The first-order valence-corrected chi connectivity index (χ1v) is 7.50. The Morgan fingerprint density at radius 3 is 2.81 bits per heavy atom. The minimum Gasteiger partial charge on any atom is -0.358 e. The summed E-state index contributed by atoms with van der Waals surface area (Å²) in [4.78, 5) is 24.5. The van der Waals surface area contributed by atoms with Gasteiger partial charge >= 0.3 is 5.82 Å². The third-order valence-corrected chi connectivity index (χ3v) is 4.44. The van der Waals surface area contributed by atoms with Crippen molar-refractivity contribution in [2.45, 2.75) is 52.1 Å². The molecule has 0 aliphatic carbocycles. The molecule has 1 amide bonds. The summed E-state index contributed by atoms with van der Waals surface area (Å²) in [5.41, 5.74) is 0.446. The molecule has 1 fully saturated rings. The van der Waals surface area contributed by atoms with Gasteiger partial charge in [0.05, 0.1) is 10.8 Å². The summed E-state index contributed by atoms with van der Waals surface area (Å²) in [7, 11) is 0. The summed E-state index contributed by atoms with van der Waals surface area (Å²) in [6.07, 6.45) is 4.08. The maximum absolute atomic E-state index is 12.4. The zero-order valence-electron chi connectivity index (χ0n) is 12.2. The topological polar surface area (TPSA) is 81.3 Å². The Bertz CT molecular complexity index is 558. The molecule has 1 saturated heterocycles. The monoisotopic (exact) mass is 314 g/mol. The average Bonchev–Trinajstić information content (AvgIpc) is 2.75. The van der Waals surface area contributed by atoms with Crippen LogP contribution in [0.15, 0.2) is 0 Å². The van der Waals surface area contributed by atoms with Crippen LogP contribution in [0.2, 0.25) is 5.02 Å². The van der Waals surface area contributed by atoms with Crippen molar-refractivity contribution in [2.24, 2.45) is 0 Å². The number of rotatable bonds is 4. The lowest BCUT2D eigenvalue weighted by atomic mass is 10.00. The third-order valence-electron chi connectivity index (χ3n) is 3.99. The van der Waals surface area contributed by atoms with Crippen molar-refractivity contribution in [2.75, 3.05) is 6.54 Å². The van der Waals surface area contributed by atoms with Crippen molar-refractivity contribution in [3.05, 3.63) is 20.8 Å². The predicted molar refractivity (Wildman–Crippen MR) is 78.3 cm³/mol. The highest BCUT2D eigenvalue weighted by atomic mass is 35.5. The zero-order chi connectivity index (χ0) is 15.6. The number of likely N-dealkylation sites (tertiary alicyclic amines) is 1. The SMILES string of the molecule is CC[C@H]1CCCCN1C(=O)Cn1nc([N+](=O)[O-])c(Cl)c1C. The highest BCUT2D eigenvalue weighted by Gasteiger charge is 2.29. The van der Waals surface area contributed by atoms with Gasteiger partial charge in [-0.25, -0.2) is 0 Å². The molecule has 0 radical (unpaired) electrons. The fourth-order valence-electron chi connectivity index (χ4n) is 2.75. The van der Waals surface area contributed by atoms with Gasteiger partial charge in [-0.1, -0.05) is 18.5 Å². The van der Waals surface area contributed by atoms with Crippen LogP contribution in [0, 0.1) is 17.0 Å². The van der Waals surface area contributed by atoms with Crippen molar-refractivity contribution >= 4 is 23.3 Å². The first-order chi connectivity index (χ1) is 9.95. The molecule has 0 N–H and O–H groups in total. The second-order valence-electron chi connectivity index (χ2n) is 5.28. The van der Waals surface area contributed by atoms with Gasteiger partial charge in [-0.3, -0.25) is 4.79 Å². The molecule has 0 saturated carbocycles. The summed E-state index contributed by atoms with van der Waals surface area (Å²) in [6.45, 7) is 4.43. The van der Waals surface area contributed by atoms with E-state index in [4.69, 9.17) is 11.6 Å². The van der Waals surface area contributed by atoms with Crippen LogP contribution >= 0.6 is 11.6 Å². The summed E-state index contributed by atoms with van der Waals surface area (Å²) in [5, 5.41) is 14.7. The van der Waals surface area contributed by atoms with Gasteiger partial charge in [0.2, 0.25) is 5.91 Å². The molecule has 0 aromatic carbocycles. The van der Waals surface area contributed by atoms with E-state index in [1.807, 2.05) is 4.90 Å². The van der Waals surface area contributed by atoms with E-state index < -0.39 is 10.7 Å². The Morgan fingerprint density at radius 2 is 2.24 bits per heavy atom. The average molecular weight is 315 g/mol. The number of carbonyl (C=O) groups is 1. The number of hydrogen-bond donors (Lipinski definition) is 0. The summed E-state index contributed by atoms with van der Waals surface area (Å²) in [6, 6.07) is 0.257. The number of nitrogens with zero attached hydrogens (tertiary/aromatic N) is 4. The summed E-state index contributed by atoms with van der Waals surface area (Å²) < 4.78 is 1.32. The molecule has 7 nitrogen and oxygen atoms in total. The van der Waals surface area contributed by atoms with Crippen molar-refractivity contribution in [3.63, 3.8) is 0 Å². The number of carbonyl (C=O) groups excluding carboxylic acids is 1. The lowest BCUT2D eigenvalue weighted by molar-refractivity contribution is -0.389. The van der Waals surface area contributed by atoms with Gasteiger partial charge in [-0.05, 0) is 37.5 Å². The van der Waals surface area contributed by atoms with Crippen LogP contribution in [0.3, 0.4) is 0 Å². The smallest absolute Gasteiger partial charge is 0.358 e. The fraction of sp³-hybridized carbons (Fsp3) is 0.692. The van der Waals surface area contributed by atoms with E-state index >= 15 is 0 Å². The maximum Gasteiger partial charge on any atom is 0.408 e. The molecule has 116 valence electrons. The lowest BCUT2D eigenvalue weighted by Gasteiger charge is -2.35. The number of amides is 1. The highest BCUT2D eigenvalue weighted by molar-refractivity contribution is 6.33. The van der Waals surface area contributed by atoms with Gasteiger partial charge in [0.25, 0.3) is 0 Å². The van der Waals surface area contributed by atoms with Gasteiger partial charge in [0.1, 0.15) is 6.54 Å². The van der Waals surface area contributed by atoms with E-state index in [9.17, 15) is 14.9 Å². The largest absolute Gasteiger partial charge is 0.408 e. The molecule has 1 atom stereocenters. The molecule has 0 unspecified atom stereocenters. The summed E-state index contributed by atoms with van der Waals surface area (Å²) >= 11 is 5.88. The predicted octanol–water partition coefficient (Wildman–Crippen LogP) is 2.54. The van der Waals surface area contributed by atoms with Crippen molar-refractivity contribution < 1.29 is 9.72 Å². The number of aromatic nitrogens is 2. The number of hydrogen-bond acceptors (Lipinski definition) is 4. The molecule has 1 aromatic rings. The second-order valence-corrected chi connectivity index (χ2v) is 5.66. The van der Waals surface area contributed by atoms with Gasteiger partial charge in [0.15, 0.2) is 5.02 Å². The van der Waals surface area contributed by atoms with Gasteiger partial charge in [-0.15, -0.1) is 0 Å². The van der Waals surface area contributed by atoms with Crippen LogP contribution in [-0.2, 0) is 11.3 Å². The molecule has 0 spiro atoms. The van der Waals surface area contributed by atoms with Crippen LogP contribution in [0.25, 0.3) is 0 Å². The fourth-order valence-corrected chi connectivity index (χ4v) is 2.96. The van der Waals surface area contributed by atoms with Crippen LogP contribution in [0.4, 0.5) is 5.82 Å². The van der Waals surface area contributed by atoms with Crippen LogP contribution < -0.4 is 0 Å². The van der Waals surface area contributed by atoms with Gasteiger partial charge < -0.3 is 15.0 Å². The van der Waals surface area contributed by atoms with Gasteiger partial charge in [-0.2, -0.15) is 4.68 Å². The molecule has 2 heterocycles. The third kappa shape index (κ3) is 3.18. The molecular formula is C13H19ClN4O3. The van der Waals surface area contributed by atoms with E-state index in [2.05, 4.69) is 12.0 Å². The first-order valence-electron chi connectivity index (χ1n) is 7.12. The molecule has 1 aromatic heterocycles. The van der Waals surface area contributed by atoms with Crippen molar-refractivity contribution in [1.82, 2.24) is 14.7 Å². The van der Waals surface area contributed by atoms with E-state index in [-0.39, 0.29) is 23.5 Å². The summed E-state index contributed by atoms with van der Waals surface area (Å²) in [5.74, 6) is -0.452. The van der Waals surface area contributed by atoms with Crippen LogP contribution in [0.1, 0.15) is 38.3 Å². The first kappa shape index (κ1) is 15.8. The number of halogens is 1. The molecule has 21 heavy (non-hydrogen) atoms. The van der Waals surface area contributed by atoms with E-state index in [1.165, 1.54) is 4.68 Å². The Kier molecular flexibility index (Phi) is 4.82. The molecule has 0 bridgehead atoms. The standard InChI is InChI=1S/C13H19ClN4O3/c1-3-10-6-4-5-7-16(10)11(19)8-17-9(2)12(14)13(15-17)18(20)21/h10H,3-8H2,1-2H3/t10-/m0/s1. The van der Waals surface area contributed by atoms with Crippen LogP contribution in [-0.4, -0.2) is 38.1 Å². The van der Waals surface area contributed by atoms with E-state index in [1.54, 1.807) is 6.92 Å². The highest BCUT2D eigenvalue weighted by Crippen LogP contribution is 2.27. The quantitative estimate of drug-likeness (QED) is 0.631. The minimum absolute atomic E-state index is 0.00140. The van der Waals surface area contributed by atoms with Gasteiger partial charge in [0, 0.05) is 12.6 Å². The number of nitro groups is 1. The maximum atomic E-state index is 12.4.